The summed E-state index contributed by atoms with van der Waals surface area (Å²) in [7, 11) is 1.55. The number of rotatable bonds is 9. The lowest BCUT2D eigenvalue weighted by molar-refractivity contribution is -0.0868. The van der Waals surface area contributed by atoms with Gasteiger partial charge in [0.25, 0.3) is 5.91 Å². The van der Waals surface area contributed by atoms with Crippen molar-refractivity contribution < 1.29 is 24.5 Å². The number of benzene rings is 2. The maximum Gasteiger partial charge on any atom is 0.257 e. The number of ether oxygens (including phenoxy) is 2. The second kappa shape index (κ2) is 10.2. The van der Waals surface area contributed by atoms with Crippen LogP contribution in [0.2, 0.25) is 10.0 Å². The van der Waals surface area contributed by atoms with E-state index < -0.39 is 11.3 Å². The number of halogens is 2. The zero-order chi connectivity index (χ0) is 25.2. The van der Waals surface area contributed by atoms with E-state index in [4.69, 9.17) is 37.8 Å². The van der Waals surface area contributed by atoms with Gasteiger partial charge in [0.1, 0.15) is 5.60 Å². The Morgan fingerprint density at radius 3 is 2.43 bits per heavy atom. The molecule has 0 saturated carbocycles. The second-order valence-corrected chi connectivity index (χ2v) is 9.40. The van der Waals surface area contributed by atoms with E-state index in [1.165, 1.54) is 6.20 Å². The number of hydrogen-bond acceptors (Lipinski definition) is 6. The number of amides is 1. The molecule has 1 aliphatic rings. The summed E-state index contributed by atoms with van der Waals surface area (Å²) in [4.78, 5) is 19.8. The highest BCUT2D eigenvalue weighted by atomic mass is 35.5. The third-order valence-corrected chi connectivity index (χ3v) is 6.60. The van der Waals surface area contributed by atoms with Gasteiger partial charge in [0, 0.05) is 35.0 Å². The van der Waals surface area contributed by atoms with Crippen LogP contribution in [0.1, 0.15) is 39.7 Å². The molecule has 3 aromatic rings. The maximum atomic E-state index is 13.8. The number of pyridine rings is 1. The minimum absolute atomic E-state index is 0.0362. The van der Waals surface area contributed by atoms with Crippen LogP contribution in [0.5, 0.6) is 0 Å². The van der Waals surface area contributed by atoms with Crippen molar-refractivity contribution in [3.63, 3.8) is 0 Å². The van der Waals surface area contributed by atoms with Crippen LogP contribution < -0.4 is 0 Å². The summed E-state index contributed by atoms with van der Waals surface area (Å²) >= 11 is 12.1. The summed E-state index contributed by atoms with van der Waals surface area (Å²) in [6.07, 6.45) is 1.53. The van der Waals surface area contributed by atoms with Gasteiger partial charge in [-0.3, -0.25) is 14.7 Å². The maximum absolute atomic E-state index is 13.8. The molecule has 1 aromatic heterocycles. The number of aromatic nitrogens is 1. The largest absolute Gasteiger partial charge is 0.394 e. The molecule has 4 rings (SSSR count). The van der Waals surface area contributed by atoms with Crippen LogP contribution in [-0.4, -0.2) is 52.9 Å². The number of nitrogens with zero attached hydrogens (tertiary/aromatic N) is 2. The molecule has 0 saturated heterocycles. The molecule has 184 valence electrons. The first-order chi connectivity index (χ1) is 16.7. The smallest absolute Gasteiger partial charge is 0.257 e. The van der Waals surface area contributed by atoms with Crippen LogP contribution >= 0.6 is 23.2 Å². The van der Waals surface area contributed by atoms with Gasteiger partial charge < -0.3 is 19.7 Å². The van der Waals surface area contributed by atoms with E-state index in [9.17, 15) is 9.90 Å². The molecule has 2 atom stereocenters. The summed E-state index contributed by atoms with van der Waals surface area (Å²) in [6.45, 7) is 1.68. The quantitative estimate of drug-likeness (QED) is 0.416. The fourth-order valence-corrected chi connectivity index (χ4v) is 4.61. The molecule has 1 aliphatic heterocycles. The summed E-state index contributed by atoms with van der Waals surface area (Å²) in [6, 6.07) is 15.8. The van der Waals surface area contributed by atoms with Gasteiger partial charge in [-0.1, -0.05) is 47.5 Å². The Bertz CT molecular complexity index is 1200. The molecule has 2 heterocycles. The fraction of sp³-hybridized carbons (Fsp3) is 0.308. The van der Waals surface area contributed by atoms with E-state index in [0.717, 1.165) is 5.56 Å². The number of carbonyl (C=O) groups excluding carboxylic acids is 1. The Kier molecular flexibility index (Phi) is 7.47. The molecule has 9 heteroatoms. The SMILES string of the molecule is CO[C@]1(c2ccc(Cl)cc2)c2ccc(C(C)(O)COCCO)cc2C(=O)N1Cc1ccc(Cl)cn1. The molecule has 2 N–H and O–H groups in total. The molecule has 7 nitrogen and oxygen atoms in total. The van der Waals surface area contributed by atoms with E-state index in [2.05, 4.69) is 4.98 Å². The second-order valence-electron chi connectivity index (χ2n) is 8.52. The summed E-state index contributed by atoms with van der Waals surface area (Å²) in [5, 5.41) is 21.0. The third kappa shape index (κ3) is 4.80. The molecule has 0 aliphatic carbocycles. The predicted molar refractivity (Wildman–Crippen MR) is 132 cm³/mol. The lowest BCUT2D eigenvalue weighted by Crippen LogP contribution is -2.45. The Morgan fingerprint density at radius 1 is 1.09 bits per heavy atom. The summed E-state index contributed by atoms with van der Waals surface area (Å²) in [5.41, 5.74) is 0.289. The van der Waals surface area contributed by atoms with E-state index in [-0.39, 0.29) is 32.3 Å². The van der Waals surface area contributed by atoms with Gasteiger partial charge in [-0.25, -0.2) is 0 Å². The first kappa shape index (κ1) is 25.6. The molecule has 1 amide bonds. The number of aliphatic hydroxyl groups is 2. The highest BCUT2D eigenvalue weighted by Crippen LogP contribution is 2.46. The van der Waals surface area contributed by atoms with Crippen molar-refractivity contribution in [2.24, 2.45) is 0 Å². The van der Waals surface area contributed by atoms with Gasteiger partial charge in [-0.05, 0) is 42.8 Å². The van der Waals surface area contributed by atoms with Crippen molar-refractivity contribution in [1.82, 2.24) is 9.88 Å². The van der Waals surface area contributed by atoms with Crippen LogP contribution in [0.4, 0.5) is 0 Å². The van der Waals surface area contributed by atoms with Crippen molar-refractivity contribution in [3.8, 4) is 0 Å². The third-order valence-electron chi connectivity index (χ3n) is 6.12. The van der Waals surface area contributed by atoms with Crippen molar-refractivity contribution in [2.45, 2.75) is 24.8 Å². The van der Waals surface area contributed by atoms with Crippen LogP contribution in [0.3, 0.4) is 0 Å². The minimum atomic E-state index is -1.37. The van der Waals surface area contributed by atoms with Gasteiger partial charge in [0.15, 0.2) is 5.72 Å². The lowest BCUT2D eigenvalue weighted by Gasteiger charge is -2.38. The molecular formula is C26H26Cl2N2O5. The van der Waals surface area contributed by atoms with Gasteiger partial charge in [-0.2, -0.15) is 0 Å². The Morgan fingerprint density at radius 2 is 1.80 bits per heavy atom. The predicted octanol–water partition coefficient (Wildman–Crippen LogP) is 4.11. The molecule has 1 unspecified atom stereocenters. The van der Waals surface area contributed by atoms with Gasteiger partial charge in [0.05, 0.1) is 37.1 Å². The van der Waals surface area contributed by atoms with E-state index >= 15 is 0 Å². The average molecular weight is 517 g/mol. The first-order valence-electron chi connectivity index (χ1n) is 11.0. The van der Waals surface area contributed by atoms with Crippen molar-refractivity contribution in [1.29, 1.82) is 0 Å². The Hall–Kier alpha value is -2.52. The number of fused-ring (bicyclic) bond motifs is 1. The number of methoxy groups -OCH3 is 1. The summed E-state index contributed by atoms with van der Waals surface area (Å²) < 4.78 is 11.5. The van der Waals surface area contributed by atoms with Crippen LogP contribution in [0.15, 0.2) is 60.8 Å². The van der Waals surface area contributed by atoms with Gasteiger partial charge >= 0.3 is 0 Å². The minimum Gasteiger partial charge on any atom is -0.394 e. The molecule has 2 aromatic carbocycles. The zero-order valence-electron chi connectivity index (χ0n) is 19.4. The molecule has 0 bridgehead atoms. The number of carbonyl (C=O) groups is 1. The standard InChI is InChI=1S/C26H26Cl2N2O5/c1-25(33,16-35-12-11-31)18-5-10-23-22(13-18)24(32)30(15-21-9-8-20(28)14-29-21)26(23,34-2)17-3-6-19(27)7-4-17/h3-10,13-14,31,33H,11-12,15-16H2,1-2H3/t25?,26-/m1/s1. The number of aliphatic hydroxyl groups excluding tert-OH is 1. The number of hydrogen-bond donors (Lipinski definition) is 2. The van der Waals surface area contributed by atoms with Crippen molar-refractivity contribution in [3.05, 3.63) is 98.8 Å². The monoisotopic (exact) mass is 516 g/mol. The Labute approximate surface area is 213 Å². The highest BCUT2D eigenvalue weighted by Gasteiger charge is 2.52. The fourth-order valence-electron chi connectivity index (χ4n) is 4.37. The summed E-state index contributed by atoms with van der Waals surface area (Å²) in [5.74, 6) is -0.275. The van der Waals surface area contributed by atoms with E-state index in [1.807, 2.05) is 12.1 Å². The van der Waals surface area contributed by atoms with Crippen LogP contribution in [0.25, 0.3) is 0 Å². The van der Waals surface area contributed by atoms with Crippen LogP contribution in [0, 0.1) is 0 Å². The highest BCUT2D eigenvalue weighted by molar-refractivity contribution is 6.30. The lowest BCUT2D eigenvalue weighted by atomic mass is 9.89. The van der Waals surface area contributed by atoms with Gasteiger partial charge in [0.2, 0.25) is 0 Å². The Balaban J connectivity index is 1.83. The van der Waals surface area contributed by atoms with E-state index in [1.54, 1.807) is 61.4 Å². The first-order valence-corrected chi connectivity index (χ1v) is 11.8. The molecular weight excluding hydrogens is 491 g/mol. The molecule has 0 spiro atoms. The normalized spacial score (nSPS) is 19.0. The van der Waals surface area contributed by atoms with Crippen molar-refractivity contribution in [2.75, 3.05) is 26.9 Å². The van der Waals surface area contributed by atoms with Crippen molar-refractivity contribution >= 4 is 29.1 Å². The van der Waals surface area contributed by atoms with E-state index in [0.29, 0.717) is 32.4 Å². The molecule has 0 fully saturated rings. The molecule has 35 heavy (non-hydrogen) atoms. The topological polar surface area (TPSA) is 92.1 Å². The van der Waals surface area contributed by atoms with Gasteiger partial charge in [-0.15, -0.1) is 0 Å². The zero-order valence-corrected chi connectivity index (χ0v) is 20.9. The molecule has 0 radical (unpaired) electrons. The van der Waals surface area contributed by atoms with Crippen LogP contribution in [-0.2, 0) is 27.3 Å². The average Bonchev–Trinajstić information content (AvgIpc) is 3.09.